The van der Waals surface area contributed by atoms with Crippen LogP contribution in [-0.4, -0.2) is 52.8 Å². The van der Waals surface area contributed by atoms with Crippen LogP contribution in [0.5, 0.6) is 0 Å². The average Bonchev–Trinajstić information content (AvgIpc) is 3.73. The smallest absolute Gasteiger partial charge is 0.399 e. The highest BCUT2D eigenvalue weighted by molar-refractivity contribution is 7.34. The minimum atomic E-state index is -1.99. The quantitative estimate of drug-likeness (QED) is 0.150. The second-order valence-corrected chi connectivity index (χ2v) is 35.3. The first-order valence-electron chi connectivity index (χ1n) is 20.9. The van der Waals surface area contributed by atoms with Crippen molar-refractivity contribution >= 4 is 104 Å². The van der Waals surface area contributed by atoms with E-state index in [2.05, 4.69) is 185 Å². The number of hydrogen-bond donors (Lipinski definition) is 0. The van der Waals surface area contributed by atoms with Crippen molar-refractivity contribution in [2.75, 3.05) is 0 Å². The van der Waals surface area contributed by atoms with E-state index in [1.54, 1.807) is 9.00 Å². The van der Waals surface area contributed by atoms with Gasteiger partial charge in [-0.1, -0.05) is 95.2 Å². The maximum Gasteiger partial charge on any atom is 0.495 e. The molecule has 2 fully saturated rings. The van der Waals surface area contributed by atoms with Crippen molar-refractivity contribution in [3.05, 3.63) is 24.3 Å². The molecule has 0 unspecified atom stereocenters. The first kappa shape index (κ1) is 42.6. The lowest BCUT2D eigenvalue weighted by atomic mass is 9.73. The molecule has 0 bridgehead atoms. The third kappa shape index (κ3) is 6.07. The van der Waals surface area contributed by atoms with Gasteiger partial charge in [0.2, 0.25) is 0 Å². The summed E-state index contributed by atoms with van der Waals surface area (Å²) in [6.45, 7) is 47.1. The Morgan fingerprint density at radius 1 is 0.407 bits per heavy atom. The van der Waals surface area contributed by atoms with Crippen LogP contribution in [-0.2, 0) is 18.6 Å². The first-order chi connectivity index (χ1) is 24.7. The fourth-order valence-electron chi connectivity index (χ4n) is 11.1. The first-order valence-corrected chi connectivity index (χ1v) is 27.0. The number of benzene rings is 2. The van der Waals surface area contributed by atoms with E-state index < -0.39 is 52.8 Å². The predicted octanol–water partition coefficient (Wildman–Crippen LogP) is 11.6. The lowest BCUT2D eigenvalue weighted by Crippen LogP contribution is -2.54. The molecule has 0 amide bonds. The van der Waals surface area contributed by atoms with Gasteiger partial charge in [0.1, 0.15) is 16.1 Å². The van der Waals surface area contributed by atoms with Crippen molar-refractivity contribution in [1.82, 2.24) is 0 Å². The molecule has 2 saturated heterocycles. The number of thiophene rings is 2. The van der Waals surface area contributed by atoms with Gasteiger partial charge in [-0.25, -0.2) is 0 Å². The Labute approximate surface area is 339 Å². The predicted molar refractivity (Wildman–Crippen MR) is 248 cm³/mol. The Kier molecular flexibility index (Phi) is 10.9. The topological polar surface area (TPSA) is 36.9 Å². The fraction of sp³-hybridized carbons (Fsp3) is 0.682. The number of rotatable bonds is 10. The summed E-state index contributed by atoms with van der Waals surface area (Å²) in [6.07, 6.45) is 0. The van der Waals surface area contributed by atoms with Crippen molar-refractivity contribution < 1.29 is 18.6 Å². The molecule has 0 N–H and O–H groups in total. The molecule has 6 rings (SSSR count). The molecular formula is C44H70B2O4S2Si2. The Morgan fingerprint density at radius 3 is 0.870 bits per heavy atom. The zero-order chi connectivity index (χ0) is 40.5. The van der Waals surface area contributed by atoms with Crippen LogP contribution in [0.15, 0.2) is 24.3 Å². The van der Waals surface area contributed by atoms with Crippen molar-refractivity contribution in [1.29, 1.82) is 0 Å². The molecule has 296 valence electrons. The van der Waals surface area contributed by atoms with E-state index in [0.717, 1.165) is 10.9 Å². The van der Waals surface area contributed by atoms with E-state index in [9.17, 15) is 0 Å². The third-order valence-corrected chi connectivity index (χ3v) is 33.2. The van der Waals surface area contributed by atoms with E-state index in [4.69, 9.17) is 18.6 Å². The summed E-state index contributed by atoms with van der Waals surface area (Å²) in [6, 6.07) is 10.1. The SMILES string of the molecule is CC(C)[Si](c1cc2c(B3OC(C)(C)C(C)(C)O3)cc3c(cc(B4OC(C)(C)C(C)(C)O4)c4cc([Si](C(C)C)(C(C)C)C(C)C)sc43)c2s1)(C(C)C)C(C)C. The summed E-state index contributed by atoms with van der Waals surface area (Å²) in [5.41, 5.74) is 4.19. The average molecular weight is 805 g/mol. The zero-order valence-electron chi connectivity index (χ0n) is 37.4. The summed E-state index contributed by atoms with van der Waals surface area (Å²) in [5.74, 6) is 0. The summed E-state index contributed by atoms with van der Waals surface area (Å²) in [5, 5.41) is 5.17. The maximum atomic E-state index is 6.93. The van der Waals surface area contributed by atoms with Crippen LogP contribution >= 0.6 is 22.7 Å². The normalized spacial score (nSPS) is 20.3. The summed E-state index contributed by atoms with van der Waals surface area (Å²) in [7, 11) is -4.88. The second kappa shape index (κ2) is 13.8. The highest BCUT2D eigenvalue weighted by Crippen LogP contribution is 2.48. The summed E-state index contributed by atoms with van der Waals surface area (Å²) in [4.78, 5) is 0. The minimum absolute atomic E-state index is 0.437. The van der Waals surface area contributed by atoms with Crippen molar-refractivity contribution in [3.63, 3.8) is 0 Å². The van der Waals surface area contributed by atoms with Crippen LogP contribution in [0.2, 0.25) is 33.2 Å². The van der Waals surface area contributed by atoms with Gasteiger partial charge in [0, 0.05) is 20.2 Å². The summed E-state index contributed by atoms with van der Waals surface area (Å²) < 4.78 is 33.6. The van der Waals surface area contributed by atoms with Gasteiger partial charge < -0.3 is 18.6 Å². The van der Waals surface area contributed by atoms with Crippen LogP contribution in [0.1, 0.15) is 138 Å². The monoisotopic (exact) mass is 804 g/mol. The van der Waals surface area contributed by atoms with E-state index >= 15 is 0 Å². The van der Waals surface area contributed by atoms with E-state index in [0.29, 0.717) is 33.2 Å². The van der Waals surface area contributed by atoms with E-state index in [1.807, 2.05) is 0 Å². The lowest BCUT2D eigenvalue weighted by molar-refractivity contribution is 0.00578. The molecule has 0 aliphatic carbocycles. The Hall–Kier alpha value is -0.976. The van der Waals surface area contributed by atoms with Crippen molar-refractivity contribution in [2.24, 2.45) is 0 Å². The van der Waals surface area contributed by atoms with Gasteiger partial charge in [-0.05, 0) is 131 Å². The molecule has 0 saturated carbocycles. The Bertz CT molecular complexity index is 1830. The standard InChI is InChI=1S/C44H70B2O4S2Si2/c1-25(2)53(26(3)4,27(5)6)37-23-33-35(45-47-41(13,14)42(15,16)48-45)22-32-31(39(33)51-37)21-36(46-49-43(17,18)44(19,20)50-46)34-24-38(52-40(32)34)54(28(7)8,29(9)10)30(11)12/h21-30H,1-20H3. The van der Waals surface area contributed by atoms with Crippen LogP contribution in [0.25, 0.3) is 30.9 Å². The zero-order valence-corrected chi connectivity index (χ0v) is 41.0. The van der Waals surface area contributed by atoms with Crippen LogP contribution in [0, 0.1) is 0 Å². The highest BCUT2D eigenvalue weighted by Gasteiger charge is 2.55. The molecule has 0 radical (unpaired) electrons. The number of hydrogen-bond acceptors (Lipinski definition) is 6. The van der Waals surface area contributed by atoms with Gasteiger partial charge in [0.05, 0.1) is 22.4 Å². The Morgan fingerprint density at radius 2 is 0.648 bits per heavy atom. The molecule has 2 aliphatic heterocycles. The summed E-state index contributed by atoms with van der Waals surface area (Å²) >= 11 is 4.12. The van der Waals surface area contributed by atoms with Crippen molar-refractivity contribution in [2.45, 2.75) is 194 Å². The van der Waals surface area contributed by atoms with Crippen LogP contribution < -0.4 is 19.9 Å². The molecule has 0 atom stereocenters. The van der Waals surface area contributed by atoms with Crippen LogP contribution in [0.4, 0.5) is 0 Å². The molecule has 2 aromatic heterocycles. The molecule has 54 heavy (non-hydrogen) atoms. The van der Waals surface area contributed by atoms with Gasteiger partial charge in [-0.15, -0.1) is 22.7 Å². The van der Waals surface area contributed by atoms with E-state index in [-0.39, 0.29) is 0 Å². The lowest BCUT2D eigenvalue weighted by Gasteiger charge is -2.42. The molecule has 10 heteroatoms. The molecule has 4 aromatic rings. The fourth-order valence-corrected chi connectivity index (χ4v) is 31.5. The third-order valence-electron chi connectivity index (χ3n) is 15.1. The largest absolute Gasteiger partial charge is 0.495 e. The van der Waals surface area contributed by atoms with Crippen molar-refractivity contribution in [3.8, 4) is 0 Å². The van der Waals surface area contributed by atoms with Crippen LogP contribution in [0.3, 0.4) is 0 Å². The molecule has 4 nitrogen and oxygen atoms in total. The van der Waals surface area contributed by atoms with E-state index in [1.165, 1.54) is 30.9 Å². The molecule has 2 aromatic carbocycles. The van der Waals surface area contributed by atoms with Gasteiger partial charge in [0.15, 0.2) is 0 Å². The Balaban J connectivity index is 1.80. The highest BCUT2D eigenvalue weighted by atomic mass is 32.1. The van der Waals surface area contributed by atoms with Gasteiger partial charge in [-0.2, -0.15) is 0 Å². The molecule has 2 aliphatic rings. The minimum Gasteiger partial charge on any atom is -0.399 e. The molecule has 4 heterocycles. The van der Waals surface area contributed by atoms with Gasteiger partial charge >= 0.3 is 14.2 Å². The second-order valence-electron chi connectivity index (χ2n) is 20.7. The molecular weight excluding hydrogens is 734 g/mol. The van der Waals surface area contributed by atoms with Gasteiger partial charge in [0.25, 0.3) is 0 Å². The number of fused-ring (bicyclic) bond motifs is 5. The molecule has 0 spiro atoms. The maximum absolute atomic E-state index is 6.93. The van der Waals surface area contributed by atoms with Gasteiger partial charge in [-0.3, -0.25) is 0 Å².